The van der Waals surface area contributed by atoms with Crippen molar-refractivity contribution >= 4 is 15.7 Å². The van der Waals surface area contributed by atoms with E-state index in [-0.39, 0.29) is 10.6 Å². The average molecular weight is 260 g/mol. The summed E-state index contributed by atoms with van der Waals surface area (Å²) in [5, 5.41) is 14.3. The van der Waals surface area contributed by atoms with Crippen LogP contribution in [0.3, 0.4) is 0 Å². The summed E-state index contributed by atoms with van der Waals surface area (Å²) in [7, 11) is -3.88. The highest BCUT2D eigenvalue weighted by Crippen LogP contribution is 2.25. The molecule has 0 bridgehead atoms. The van der Waals surface area contributed by atoms with Gasteiger partial charge in [0.05, 0.1) is 16.7 Å². The second-order valence-corrected chi connectivity index (χ2v) is 5.61. The number of halogens is 1. The number of nitrogens with zero attached hydrogens (tertiary/aromatic N) is 1. The fourth-order valence-corrected chi connectivity index (χ4v) is 2.41. The standard InChI is InChI=1S/C10H13FN2O3S/c11-9-5-8(17(12,15)16)1-2-10(9)13-4-3-7(14)6-13/h1-2,5,7,14H,3-4,6H2,(H2,12,15,16)/t7-/m1/s1. The van der Waals surface area contributed by atoms with Crippen molar-refractivity contribution in [1.82, 2.24) is 0 Å². The molecule has 0 saturated carbocycles. The van der Waals surface area contributed by atoms with Crippen LogP contribution in [0, 0.1) is 5.82 Å². The van der Waals surface area contributed by atoms with E-state index in [0.717, 1.165) is 6.07 Å². The molecule has 1 aliphatic rings. The normalized spacial score (nSPS) is 20.9. The number of aliphatic hydroxyl groups is 1. The Balaban J connectivity index is 2.32. The van der Waals surface area contributed by atoms with Gasteiger partial charge in [0.25, 0.3) is 0 Å². The van der Waals surface area contributed by atoms with E-state index in [1.807, 2.05) is 0 Å². The Morgan fingerprint density at radius 3 is 2.65 bits per heavy atom. The largest absolute Gasteiger partial charge is 0.391 e. The molecule has 1 aromatic carbocycles. The lowest BCUT2D eigenvalue weighted by atomic mass is 10.3. The fraction of sp³-hybridized carbons (Fsp3) is 0.400. The van der Waals surface area contributed by atoms with Gasteiger partial charge in [-0.2, -0.15) is 0 Å². The van der Waals surface area contributed by atoms with Gasteiger partial charge >= 0.3 is 0 Å². The second-order valence-electron chi connectivity index (χ2n) is 4.05. The number of hydrogen-bond donors (Lipinski definition) is 2. The van der Waals surface area contributed by atoms with Crippen molar-refractivity contribution in [3.8, 4) is 0 Å². The second kappa shape index (κ2) is 4.25. The Morgan fingerprint density at radius 1 is 1.47 bits per heavy atom. The molecule has 1 aromatic rings. The van der Waals surface area contributed by atoms with Crippen molar-refractivity contribution in [3.05, 3.63) is 24.0 Å². The monoisotopic (exact) mass is 260 g/mol. The van der Waals surface area contributed by atoms with Crippen molar-refractivity contribution in [2.45, 2.75) is 17.4 Å². The Labute approximate surface area is 98.7 Å². The van der Waals surface area contributed by atoms with Gasteiger partial charge in [0, 0.05) is 13.1 Å². The van der Waals surface area contributed by atoms with Crippen LogP contribution >= 0.6 is 0 Å². The van der Waals surface area contributed by atoms with Crippen LogP contribution in [0.15, 0.2) is 23.1 Å². The maximum Gasteiger partial charge on any atom is 0.238 e. The summed E-state index contributed by atoms with van der Waals surface area (Å²) < 4.78 is 35.8. The molecule has 1 heterocycles. The molecule has 0 spiro atoms. The Kier molecular flexibility index (Phi) is 3.07. The van der Waals surface area contributed by atoms with Crippen LogP contribution in [0.1, 0.15) is 6.42 Å². The third kappa shape index (κ3) is 2.56. The molecule has 0 aliphatic carbocycles. The van der Waals surface area contributed by atoms with E-state index in [0.29, 0.717) is 19.5 Å². The van der Waals surface area contributed by atoms with E-state index < -0.39 is 21.9 Å². The minimum atomic E-state index is -3.88. The molecule has 7 heteroatoms. The van der Waals surface area contributed by atoms with E-state index in [1.54, 1.807) is 4.90 Å². The van der Waals surface area contributed by atoms with Crippen LogP contribution in [-0.4, -0.2) is 32.7 Å². The van der Waals surface area contributed by atoms with Crippen LogP contribution in [-0.2, 0) is 10.0 Å². The third-order valence-corrected chi connectivity index (χ3v) is 3.66. The number of nitrogens with two attached hydrogens (primary N) is 1. The predicted molar refractivity (Wildman–Crippen MR) is 60.6 cm³/mol. The molecule has 2 rings (SSSR count). The van der Waals surface area contributed by atoms with Gasteiger partial charge in [-0.3, -0.25) is 0 Å². The molecule has 94 valence electrons. The van der Waals surface area contributed by atoms with Crippen LogP contribution in [0.25, 0.3) is 0 Å². The highest BCUT2D eigenvalue weighted by atomic mass is 32.2. The maximum atomic E-state index is 13.7. The summed E-state index contributed by atoms with van der Waals surface area (Å²) in [6, 6.07) is 3.53. The van der Waals surface area contributed by atoms with Crippen molar-refractivity contribution in [2.75, 3.05) is 18.0 Å². The molecule has 3 N–H and O–H groups in total. The minimum Gasteiger partial charge on any atom is -0.391 e. The molecule has 0 aromatic heterocycles. The summed E-state index contributed by atoms with van der Waals surface area (Å²) in [4.78, 5) is 1.42. The topological polar surface area (TPSA) is 83.6 Å². The van der Waals surface area contributed by atoms with Crippen molar-refractivity contribution in [2.24, 2.45) is 5.14 Å². The first kappa shape index (κ1) is 12.3. The van der Waals surface area contributed by atoms with Crippen molar-refractivity contribution in [3.63, 3.8) is 0 Å². The number of hydrogen-bond acceptors (Lipinski definition) is 4. The molecular weight excluding hydrogens is 247 g/mol. The number of primary sulfonamides is 1. The Hall–Kier alpha value is -1.18. The summed E-state index contributed by atoms with van der Waals surface area (Å²) in [6.07, 6.45) is 0.114. The van der Waals surface area contributed by atoms with Gasteiger partial charge in [-0.1, -0.05) is 0 Å². The molecule has 0 amide bonds. The smallest absolute Gasteiger partial charge is 0.238 e. The first-order chi connectivity index (χ1) is 7.88. The van der Waals surface area contributed by atoms with Gasteiger partial charge in [-0.15, -0.1) is 0 Å². The number of anilines is 1. The molecular formula is C10H13FN2O3S. The summed E-state index contributed by atoms with van der Waals surface area (Å²) in [5.41, 5.74) is 0.286. The van der Waals surface area contributed by atoms with Crippen LogP contribution in [0.5, 0.6) is 0 Å². The highest BCUT2D eigenvalue weighted by molar-refractivity contribution is 7.89. The maximum absolute atomic E-state index is 13.7. The molecule has 1 fully saturated rings. The lowest BCUT2D eigenvalue weighted by molar-refractivity contribution is 0.198. The molecule has 1 saturated heterocycles. The lowest BCUT2D eigenvalue weighted by Crippen LogP contribution is -2.22. The van der Waals surface area contributed by atoms with E-state index in [4.69, 9.17) is 5.14 Å². The van der Waals surface area contributed by atoms with Gasteiger partial charge in [0.2, 0.25) is 10.0 Å². The first-order valence-corrected chi connectivity index (χ1v) is 6.68. The van der Waals surface area contributed by atoms with E-state index in [2.05, 4.69) is 0 Å². The zero-order chi connectivity index (χ0) is 12.6. The SMILES string of the molecule is NS(=O)(=O)c1ccc(N2CC[C@@H](O)C2)c(F)c1. The van der Waals surface area contributed by atoms with Crippen LogP contribution in [0.4, 0.5) is 10.1 Å². The number of rotatable bonds is 2. The van der Waals surface area contributed by atoms with Gasteiger partial charge in [-0.05, 0) is 24.6 Å². The van der Waals surface area contributed by atoms with Gasteiger partial charge in [-0.25, -0.2) is 17.9 Å². The predicted octanol–water partition coefficient (Wildman–Crippen LogP) is 0.0441. The van der Waals surface area contributed by atoms with E-state index in [1.165, 1.54) is 12.1 Å². The molecule has 0 unspecified atom stereocenters. The van der Waals surface area contributed by atoms with E-state index >= 15 is 0 Å². The number of aliphatic hydroxyl groups excluding tert-OH is 1. The molecule has 1 aliphatic heterocycles. The zero-order valence-corrected chi connectivity index (χ0v) is 9.82. The van der Waals surface area contributed by atoms with Crippen LogP contribution in [0.2, 0.25) is 0 Å². The van der Waals surface area contributed by atoms with E-state index in [9.17, 15) is 17.9 Å². The van der Waals surface area contributed by atoms with Gasteiger partial charge in [0.1, 0.15) is 5.82 Å². The number of benzene rings is 1. The Bertz CT molecular complexity index is 532. The summed E-state index contributed by atoms with van der Waals surface area (Å²) in [5.74, 6) is -0.648. The van der Waals surface area contributed by atoms with Crippen LogP contribution < -0.4 is 10.0 Å². The first-order valence-electron chi connectivity index (χ1n) is 5.13. The summed E-state index contributed by atoms with van der Waals surface area (Å²) in [6.45, 7) is 0.901. The lowest BCUT2D eigenvalue weighted by Gasteiger charge is -2.18. The Morgan fingerprint density at radius 2 is 2.18 bits per heavy atom. The minimum absolute atomic E-state index is 0.251. The zero-order valence-electron chi connectivity index (χ0n) is 9.01. The molecule has 5 nitrogen and oxygen atoms in total. The summed E-state index contributed by atoms with van der Waals surface area (Å²) >= 11 is 0. The quantitative estimate of drug-likeness (QED) is 0.786. The molecule has 0 radical (unpaired) electrons. The number of sulfonamides is 1. The molecule has 1 atom stereocenters. The number of β-amino-alcohol motifs (C(OH)–C–C–N with tert-alkyl or cyclic N) is 1. The average Bonchev–Trinajstić information content (AvgIpc) is 2.63. The molecule has 17 heavy (non-hydrogen) atoms. The van der Waals surface area contributed by atoms with Crippen molar-refractivity contribution in [1.29, 1.82) is 0 Å². The third-order valence-electron chi connectivity index (χ3n) is 2.75. The van der Waals surface area contributed by atoms with Crippen molar-refractivity contribution < 1.29 is 17.9 Å². The van der Waals surface area contributed by atoms with Gasteiger partial charge in [0.15, 0.2) is 0 Å². The highest BCUT2D eigenvalue weighted by Gasteiger charge is 2.23. The fourth-order valence-electron chi connectivity index (χ4n) is 1.88. The van der Waals surface area contributed by atoms with Gasteiger partial charge < -0.3 is 10.0 Å².